The van der Waals surface area contributed by atoms with Crippen LogP contribution in [0.25, 0.3) is 20.8 Å². The molecule has 1 N–H and O–H groups in total. The molecule has 0 radical (unpaired) electrons. The highest BCUT2D eigenvalue weighted by Crippen LogP contribution is 2.31. The van der Waals surface area contributed by atoms with Gasteiger partial charge in [-0.05, 0) is 48.9 Å². The zero-order chi connectivity index (χ0) is 22.7. The van der Waals surface area contributed by atoms with Crippen molar-refractivity contribution >= 4 is 39.1 Å². The lowest BCUT2D eigenvalue weighted by atomic mass is 10.2. The average Bonchev–Trinajstić information content (AvgIpc) is 3.23. The number of anilines is 1. The smallest absolute Gasteiger partial charge is 0.266 e. The van der Waals surface area contributed by atoms with Crippen molar-refractivity contribution in [3.05, 3.63) is 59.8 Å². The molecule has 3 aromatic rings. The summed E-state index contributed by atoms with van der Waals surface area (Å²) < 4.78 is 1.16. The second kappa shape index (κ2) is 9.20. The van der Waals surface area contributed by atoms with Crippen molar-refractivity contribution < 1.29 is 9.59 Å². The van der Waals surface area contributed by atoms with Crippen LogP contribution in [0, 0.1) is 18.3 Å². The van der Waals surface area contributed by atoms with Crippen molar-refractivity contribution in [1.29, 1.82) is 5.26 Å². The van der Waals surface area contributed by atoms with Gasteiger partial charge in [-0.25, -0.2) is 4.98 Å². The van der Waals surface area contributed by atoms with Gasteiger partial charge < -0.3 is 15.1 Å². The number of aromatic nitrogens is 1. The molecule has 2 amide bonds. The number of hydrogen-bond donors (Lipinski definition) is 1. The molecule has 1 aromatic heterocycles. The number of carbonyl (C=O) groups is 2. The summed E-state index contributed by atoms with van der Waals surface area (Å²) in [7, 11) is 0. The first kappa shape index (κ1) is 21.5. The lowest BCUT2D eigenvalue weighted by molar-refractivity contribution is -0.136. The summed E-state index contributed by atoms with van der Waals surface area (Å²) in [6, 6.07) is 15.9. The number of benzene rings is 2. The molecule has 32 heavy (non-hydrogen) atoms. The molecule has 8 heteroatoms. The van der Waals surface area contributed by atoms with Gasteiger partial charge in [0.15, 0.2) is 0 Å². The van der Waals surface area contributed by atoms with Crippen LogP contribution < -0.4 is 5.32 Å². The predicted octanol–water partition coefficient (Wildman–Crippen LogP) is 3.78. The van der Waals surface area contributed by atoms with Crippen molar-refractivity contribution in [2.24, 2.45) is 0 Å². The SMILES string of the molecule is CC(=O)N1CCN(C(=O)/C(C#N)=C\Nc2ccc(-c3nc4ccc(C)cc4s3)cc2)CC1. The standard InChI is InChI=1S/C24H23N5O2S/c1-16-3-8-21-22(13-16)32-23(27-21)18-4-6-20(7-5-18)26-15-19(14-25)24(31)29-11-9-28(10-12-29)17(2)30/h3-8,13,15,26H,9-12H2,1-2H3/b19-15-. The third-order valence-corrected chi connectivity index (χ3v) is 6.49. The molecule has 0 unspecified atom stereocenters. The molecule has 162 valence electrons. The second-order valence-corrected chi connectivity index (χ2v) is 8.71. The molecular formula is C24H23N5O2S. The Hall–Kier alpha value is -3.70. The van der Waals surface area contributed by atoms with Gasteiger partial charge in [0.25, 0.3) is 5.91 Å². The average molecular weight is 446 g/mol. The minimum atomic E-state index is -0.329. The highest BCUT2D eigenvalue weighted by atomic mass is 32.1. The molecule has 4 rings (SSSR count). The maximum Gasteiger partial charge on any atom is 0.266 e. The molecule has 1 fully saturated rings. The van der Waals surface area contributed by atoms with Gasteiger partial charge in [0.1, 0.15) is 16.6 Å². The van der Waals surface area contributed by atoms with Crippen LogP contribution in [0.4, 0.5) is 5.69 Å². The largest absolute Gasteiger partial charge is 0.360 e. The summed E-state index contributed by atoms with van der Waals surface area (Å²) in [6.07, 6.45) is 1.44. The number of nitrogens with zero attached hydrogens (tertiary/aromatic N) is 4. The van der Waals surface area contributed by atoms with E-state index in [2.05, 4.69) is 24.4 Å². The molecule has 1 saturated heterocycles. The van der Waals surface area contributed by atoms with Gasteiger partial charge in [0, 0.05) is 50.6 Å². The first-order valence-corrected chi connectivity index (χ1v) is 11.2. The Morgan fingerprint density at radius 2 is 1.78 bits per heavy atom. The Kier molecular flexibility index (Phi) is 6.19. The Morgan fingerprint density at radius 1 is 1.09 bits per heavy atom. The molecule has 0 atom stereocenters. The first-order chi connectivity index (χ1) is 15.4. The minimum Gasteiger partial charge on any atom is -0.360 e. The van der Waals surface area contributed by atoms with Crippen LogP contribution in [0.15, 0.2) is 54.2 Å². The third kappa shape index (κ3) is 4.63. The predicted molar refractivity (Wildman–Crippen MR) is 126 cm³/mol. The van der Waals surface area contributed by atoms with E-state index in [1.54, 1.807) is 21.1 Å². The van der Waals surface area contributed by atoms with E-state index in [1.165, 1.54) is 18.7 Å². The van der Waals surface area contributed by atoms with Crippen LogP contribution in [-0.2, 0) is 9.59 Å². The highest BCUT2D eigenvalue weighted by Gasteiger charge is 2.24. The van der Waals surface area contributed by atoms with Crippen molar-refractivity contribution in [1.82, 2.24) is 14.8 Å². The van der Waals surface area contributed by atoms with Crippen molar-refractivity contribution in [2.75, 3.05) is 31.5 Å². The van der Waals surface area contributed by atoms with E-state index in [9.17, 15) is 14.9 Å². The Balaban J connectivity index is 1.42. The van der Waals surface area contributed by atoms with Gasteiger partial charge in [-0.15, -0.1) is 11.3 Å². The Morgan fingerprint density at radius 3 is 2.44 bits per heavy atom. The number of thiazole rings is 1. The second-order valence-electron chi connectivity index (χ2n) is 7.68. The number of nitriles is 1. The molecule has 2 aromatic carbocycles. The number of piperazine rings is 1. The summed E-state index contributed by atoms with van der Waals surface area (Å²) in [4.78, 5) is 32.1. The third-order valence-electron chi connectivity index (χ3n) is 5.42. The summed E-state index contributed by atoms with van der Waals surface area (Å²) in [5.41, 5.74) is 4.02. The molecule has 0 saturated carbocycles. The molecule has 1 aliphatic heterocycles. The quantitative estimate of drug-likeness (QED) is 0.488. The monoisotopic (exact) mass is 445 g/mol. The van der Waals surface area contributed by atoms with E-state index < -0.39 is 0 Å². The number of nitrogens with one attached hydrogen (secondary N) is 1. The summed E-state index contributed by atoms with van der Waals surface area (Å²) >= 11 is 1.65. The number of aryl methyl sites for hydroxylation is 1. The molecule has 0 aliphatic carbocycles. The first-order valence-electron chi connectivity index (χ1n) is 10.3. The highest BCUT2D eigenvalue weighted by molar-refractivity contribution is 7.21. The molecule has 7 nitrogen and oxygen atoms in total. The van der Waals surface area contributed by atoms with Crippen LogP contribution >= 0.6 is 11.3 Å². The van der Waals surface area contributed by atoms with E-state index in [4.69, 9.17) is 4.98 Å². The number of rotatable bonds is 4. The van der Waals surface area contributed by atoms with Crippen LogP contribution in [0.1, 0.15) is 12.5 Å². The van der Waals surface area contributed by atoms with Crippen molar-refractivity contribution in [2.45, 2.75) is 13.8 Å². The fourth-order valence-corrected chi connectivity index (χ4v) is 4.63. The number of amides is 2. The fraction of sp³-hybridized carbons (Fsp3) is 0.250. The van der Waals surface area contributed by atoms with Crippen LogP contribution in [0.3, 0.4) is 0 Å². The van der Waals surface area contributed by atoms with E-state index in [0.29, 0.717) is 26.2 Å². The van der Waals surface area contributed by atoms with E-state index >= 15 is 0 Å². The minimum absolute atomic E-state index is 0.000720. The maximum absolute atomic E-state index is 12.7. The summed E-state index contributed by atoms with van der Waals surface area (Å²) in [5, 5.41) is 13.4. The molecular weight excluding hydrogens is 422 g/mol. The van der Waals surface area contributed by atoms with Gasteiger partial charge in [0.05, 0.1) is 10.2 Å². The van der Waals surface area contributed by atoms with Crippen molar-refractivity contribution in [3.8, 4) is 16.6 Å². The molecule has 0 spiro atoms. The summed E-state index contributed by atoms with van der Waals surface area (Å²) in [5.74, 6) is -0.330. The zero-order valence-corrected chi connectivity index (χ0v) is 18.8. The fourth-order valence-electron chi connectivity index (χ4n) is 3.56. The van der Waals surface area contributed by atoms with Gasteiger partial charge >= 0.3 is 0 Å². The molecule has 2 heterocycles. The Bertz CT molecular complexity index is 1230. The van der Waals surface area contributed by atoms with E-state index in [-0.39, 0.29) is 17.4 Å². The molecule has 1 aliphatic rings. The summed E-state index contributed by atoms with van der Waals surface area (Å²) in [6.45, 7) is 5.41. The lowest BCUT2D eigenvalue weighted by Gasteiger charge is -2.34. The topological polar surface area (TPSA) is 89.3 Å². The van der Waals surface area contributed by atoms with Crippen LogP contribution in [-0.4, -0.2) is 52.8 Å². The van der Waals surface area contributed by atoms with Crippen LogP contribution in [0.2, 0.25) is 0 Å². The maximum atomic E-state index is 12.7. The van der Waals surface area contributed by atoms with Gasteiger partial charge in [-0.1, -0.05) is 6.07 Å². The van der Waals surface area contributed by atoms with Crippen molar-refractivity contribution in [3.63, 3.8) is 0 Å². The lowest BCUT2D eigenvalue weighted by Crippen LogP contribution is -2.50. The zero-order valence-electron chi connectivity index (χ0n) is 18.0. The number of hydrogen-bond acceptors (Lipinski definition) is 6. The van der Waals surface area contributed by atoms with Gasteiger partial charge in [-0.2, -0.15) is 5.26 Å². The number of carbonyl (C=O) groups excluding carboxylic acids is 2. The van der Waals surface area contributed by atoms with Crippen LogP contribution in [0.5, 0.6) is 0 Å². The molecule has 0 bridgehead atoms. The van der Waals surface area contributed by atoms with E-state index in [1.807, 2.05) is 36.4 Å². The normalized spacial score (nSPS) is 14.3. The Labute approximate surface area is 190 Å². The van der Waals surface area contributed by atoms with Gasteiger partial charge in [-0.3, -0.25) is 9.59 Å². The van der Waals surface area contributed by atoms with E-state index in [0.717, 1.165) is 26.5 Å². The number of fused-ring (bicyclic) bond motifs is 1. The van der Waals surface area contributed by atoms with Gasteiger partial charge in [0.2, 0.25) is 5.91 Å².